The Morgan fingerprint density at radius 2 is 1.78 bits per heavy atom. The van der Waals surface area contributed by atoms with Crippen molar-refractivity contribution in [2.75, 3.05) is 21.7 Å². The molecule has 0 spiro atoms. The first-order valence-electron chi connectivity index (χ1n) is 10.5. The first-order chi connectivity index (χ1) is 17.1. The SMILES string of the molecule is Nc1ncnn2c(CCCBr)cc(-c3ccc(NC(=O)Nc4cc(C(F)(F)F)ccc4F)c(F)c3)c12. The topological polar surface area (TPSA) is 97.3 Å². The van der Waals surface area contributed by atoms with Crippen molar-refractivity contribution in [3.8, 4) is 11.1 Å². The maximum Gasteiger partial charge on any atom is 0.416 e. The van der Waals surface area contributed by atoms with Crippen molar-refractivity contribution >= 4 is 44.7 Å². The number of aryl methyl sites for hydroxylation is 1. The molecule has 2 amide bonds. The average Bonchev–Trinajstić information content (AvgIpc) is 3.19. The number of urea groups is 1. The van der Waals surface area contributed by atoms with E-state index < -0.39 is 35.1 Å². The van der Waals surface area contributed by atoms with Crippen LogP contribution >= 0.6 is 15.9 Å². The number of nitrogens with one attached hydrogen (secondary N) is 2. The predicted octanol–water partition coefficient (Wildman–Crippen LogP) is 6.25. The van der Waals surface area contributed by atoms with Gasteiger partial charge in [0.25, 0.3) is 0 Å². The molecular weight excluding hydrogens is 551 g/mol. The highest BCUT2D eigenvalue weighted by atomic mass is 79.9. The Balaban J connectivity index is 1.59. The van der Waals surface area contributed by atoms with Crippen LogP contribution in [0.2, 0.25) is 0 Å². The van der Waals surface area contributed by atoms with Crippen molar-refractivity contribution in [1.82, 2.24) is 14.6 Å². The van der Waals surface area contributed by atoms with Gasteiger partial charge in [-0.3, -0.25) is 0 Å². The van der Waals surface area contributed by atoms with Crippen LogP contribution in [-0.2, 0) is 12.6 Å². The second-order valence-electron chi connectivity index (χ2n) is 7.71. The van der Waals surface area contributed by atoms with Crippen molar-refractivity contribution in [1.29, 1.82) is 0 Å². The van der Waals surface area contributed by atoms with Gasteiger partial charge < -0.3 is 16.4 Å². The van der Waals surface area contributed by atoms with Gasteiger partial charge in [0.1, 0.15) is 23.5 Å². The Labute approximate surface area is 209 Å². The number of aromatic nitrogens is 3. The Hall–Kier alpha value is -3.74. The standard InChI is InChI=1S/C23H18BrF5N6O/c24-7-1-2-14-10-15(20-21(30)31-11-32-35(14)20)12-3-6-18(17(26)8-12)33-22(36)34-19-9-13(23(27,28)29)4-5-16(19)25/h3-6,8-11H,1-2,7H2,(H2,30,31,32)(H2,33,34,36). The molecule has 0 radical (unpaired) electrons. The Morgan fingerprint density at radius 1 is 1.03 bits per heavy atom. The van der Waals surface area contributed by atoms with E-state index in [2.05, 4.69) is 31.3 Å². The molecule has 0 fully saturated rings. The molecule has 4 rings (SSSR count). The smallest absolute Gasteiger partial charge is 0.382 e. The van der Waals surface area contributed by atoms with Gasteiger partial charge in [-0.2, -0.15) is 18.3 Å². The lowest BCUT2D eigenvalue weighted by atomic mass is 10.1. The molecule has 188 valence electrons. The summed E-state index contributed by atoms with van der Waals surface area (Å²) >= 11 is 3.38. The molecule has 13 heteroatoms. The second kappa shape index (κ2) is 10.1. The van der Waals surface area contributed by atoms with Crippen LogP contribution in [0.15, 0.2) is 48.8 Å². The molecule has 0 unspecified atom stereocenters. The van der Waals surface area contributed by atoms with Gasteiger partial charge >= 0.3 is 12.2 Å². The van der Waals surface area contributed by atoms with E-state index in [1.165, 1.54) is 18.5 Å². The maximum absolute atomic E-state index is 14.9. The average molecular weight is 569 g/mol. The summed E-state index contributed by atoms with van der Waals surface area (Å²) in [6, 6.07) is 6.25. The van der Waals surface area contributed by atoms with Gasteiger partial charge in [0.15, 0.2) is 5.82 Å². The van der Waals surface area contributed by atoms with Gasteiger partial charge in [-0.05, 0) is 54.8 Å². The molecule has 0 saturated heterocycles. The molecule has 7 nitrogen and oxygen atoms in total. The van der Waals surface area contributed by atoms with E-state index in [1.54, 1.807) is 4.52 Å². The molecule has 0 aliphatic carbocycles. The zero-order chi connectivity index (χ0) is 26.0. The normalized spacial score (nSPS) is 11.6. The number of nitrogens with two attached hydrogens (primary N) is 1. The molecule has 2 heterocycles. The molecule has 0 aliphatic heterocycles. The van der Waals surface area contributed by atoms with Crippen molar-refractivity contribution in [3.05, 3.63) is 71.7 Å². The van der Waals surface area contributed by atoms with Gasteiger partial charge in [0.2, 0.25) is 0 Å². The third-order valence-corrected chi connectivity index (χ3v) is 5.85. The lowest BCUT2D eigenvalue weighted by Gasteiger charge is -2.12. The molecule has 2 aromatic heterocycles. The molecule has 0 bridgehead atoms. The Morgan fingerprint density at radius 3 is 2.47 bits per heavy atom. The van der Waals surface area contributed by atoms with Crippen LogP contribution in [0.1, 0.15) is 17.7 Å². The molecule has 36 heavy (non-hydrogen) atoms. The number of anilines is 3. The Kier molecular flexibility index (Phi) is 7.11. The van der Waals surface area contributed by atoms with Crippen LogP contribution in [0.25, 0.3) is 16.6 Å². The number of carbonyl (C=O) groups is 1. The van der Waals surface area contributed by atoms with E-state index in [0.717, 1.165) is 23.5 Å². The quantitative estimate of drug-likeness (QED) is 0.189. The highest BCUT2D eigenvalue weighted by Crippen LogP contribution is 2.34. The lowest BCUT2D eigenvalue weighted by Crippen LogP contribution is -2.21. The first kappa shape index (κ1) is 25.4. The van der Waals surface area contributed by atoms with E-state index in [-0.39, 0.29) is 11.5 Å². The fraction of sp³-hybridized carbons (Fsp3) is 0.174. The summed E-state index contributed by atoms with van der Waals surface area (Å²) < 4.78 is 69.1. The number of rotatable bonds is 6. The molecule has 0 atom stereocenters. The molecule has 2 aromatic carbocycles. The summed E-state index contributed by atoms with van der Waals surface area (Å²) in [5.41, 5.74) is 6.30. The van der Waals surface area contributed by atoms with Crippen LogP contribution in [-0.4, -0.2) is 26.0 Å². The van der Waals surface area contributed by atoms with Crippen molar-refractivity contribution in [2.45, 2.75) is 19.0 Å². The molecule has 0 saturated carbocycles. The fourth-order valence-corrected chi connectivity index (χ4v) is 3.92. The molecular formula is C23H18BrF5N6O. The first-order valence-corrected chi connectivity index (χ1v) is 11.6. The van der Waals surface area contributed by atoms with Gasteiger partial charge in [0.05, 0.1) is 16.9 Å². The summed E-state index contributed by atoms with van der Waals surface area (Å²) in [4.78, 5) is 16.3. The third-order valence-electron chi connectivity index (χ3n) is 5.29. The van der Waals surface area contributed by atoms with Crippen LogP contribution in [0.3, 0.4) is 0 Å². The maximum atomic E-state index is 14.9. The van der Waals surface area contributed by atoms with Gasteiger partial charge in [-0.15, -0.1) is 0 Å². The minimum atomic E-state index is -4.73. The minimum absolute atomic E-state index is 0.204. The Bertz CT molecular complexity index is 1440. The number of hydrogen-bond acceptors (Lipinski definition) is 4. The largest absolute Gasteiger partial charge is 0.416 e. The highest BCUT2D eigenvalue weighted by molar-refractivity contribution is 9.09. The van der Waals surface area contributed by atoms with Crippen LogP contribution in [0.5, 0.6) is 0 Å². The monoisotopic (exact) mass is 568 g/mol. The van der Waals surface area contributed by atoms with E-state index >= 15 is 0 Å². The number of carbonyl (C=O) groups excluding carboxylic acids is 1. The van der Waals surface area contributed by atoms with E-state index in [9.17, 15) is 26.7 Å². The summed E-state index contributed by atoms with van der Waals surface area (Å²) in [6.45, 7) is 0. The number of halogens is 6. The summed E-state index contributed by atoms with van der Waals surface area (Å²) in [5.74, 6) is -1.70. The minimum Gasteiger partial charge on any atom is -0.382 e. The van der Waals surface area contributed by atoms with Gasteiger partial charge in [-0.25, -0.2) is 23.1 Å². The van der Waals surface area contributed by atoms with Gasteiger partial charge in [-0.1, -0.05) is 22.0 Å². The van der Waals surface area contributed by atoms with Crippen LogP contribution in [0.4, 0.5) is 43.9 Å². The zero-order valence-electron chi connectivity index (χ0n) is 18.3. The van der Waals surface area contributed by atoms with E-state index in [4.69, 9.17) is 5.73 Å². The van der Waals surface area contributed by atoms with Crippen molar-refractivity contribution in [2.24, 2.45) is 0 Å². The number of hydrogen-bond donors (Lipinski definition) is 3. The summed E-state index contributed by atoms with van der Waals surface area (Å²) in [6.07, 6.45) is -1.90. The molecule has 0 aliphatic rings. The van der Waals surface area contributed by atoms with Gasteiger partial charge in [0, 0.05) is 16.6 Å². The number of nitrogens with zero attached hydrogens (tertiary/aromatic N) is 3. The molecule has 4 aromatic rings. The zero-order valence-corrected chi connectivity index (χ0v) is 19.9. The highest BCUT2D eigenvalue weighted by Gasteiger charge is 2.31. The predicted molar refractivity (Wildman–Crippen MR) is 129 cm³/mol. The van der Waals surface area contributed by atoms with E-state index in [1.807, 2.05) is 11.4 Å². The van der Waals surface area contributed by atoms with Crippen molar-refractivity contribution in [3.63, 3.8) is 0 Å². The number of alkyl halides is 4. The fourth-order valence-electron chi connectivity index (χ4n) is 3.64. The van der Waals surface area contributed by atoms with Crippen LogP contribution < -0.4 is 16.4 Å². The number of nitrogen functional groups attached to an aromatic ring is 1. The molecule has 4 N–H and O–H groups in total. The third kappa shape index (κ3) is 5.25. The lowest BCUT2D eigenvalue weighted by molar-refractivity contribution is -0.137. The second-order valence-corrected chi connectivity index (χ2v) is 8.51. The summed E-state index contributed by atoms with van der Waals surface area (Å²) in [5, 5.41) is 9.15. The van der Waals surface area contributed by atoms with Crippen LogP contribution in [0, 0.1) is 11.6 Å². The number of amides is 2. The van der Waals surface area contributed by atoms with Crippen molar-refractivity contribution < 1.29 is 26.7 Å². The number of fused-ring (bicyclic) bond motifs is 1. The number of benzene rings is 2. The summed E-state index contributed by atoms with van der Waals surface area (Å²) in [7, 11) is 0. The van der Waals surface area contributed by atoms with E-state index in [0.29, 0.717) is 41.3 Å².